The van der Waals surface area contributed by atoms with Crippen molar-refractivity contribution in [2.45, 2.75) is 51.6 Å². The Morgan fingerprint density at radius 1 is 1.26 bits per heavy atom. The number of amides is 1. The quantitative estimate of drug-likeness (QED) is 0.532. The maximum Gasteiger partial charge on any atom is 0.317 e. The molecule has 1 amide bonds. The number of hydrogen-bond donors (Lipinski definition) is 2. The zero-order valence-corrected chi connectivity index (χ0v) is 15.6. The third kappa shape index (κ3) is 4.63. The normalized spacial score (nSPS) is 21.6. The number of rotatable bonds is 8. The van der Waals surface area contributed by atoms with E-state index in [1.807, 2.05) is 4.90 Å². The van der Waals surface area contributed by atoms with Gasteiger partial charge in [0.25, 0.3) is 11.6 Å². The highest BCUT2D eigenvalue weighted by atomic mass is 16.6. The Labute approximate surface area is 157 Å². The molecule has 146 valence electrons. The number of nitrogens with zero attached hydrogens (tertiary/aromatic N) is 2. The van der Waals surface area contributed by atoms with Crippen LogP contribution in [0.25, 0.3) is 0 Å². The first-order chi connectivity index (χ1) is 12.7. The van der Waals surface area contributed by atoms with Crippen LogP contribution in [-0.2, 0) is 4.79 Å². The zero-order chi connectivity index (χ0) is 19.7. The second-order valence-corrected chi connectivity index (χ2v) is 7.77. The van der Waals surface area contributed by atoms with E-state index in [1.54, 1.807) is 19.9 Å². The summed E-state index contributed by atoms with van der Waals surface area (Å²) in [4.78, 5) is 36.3. The number of carbonyl (C=O) groups excluding carboxylic acids is 1. The van der Waals surface area contributed by atoms with Crippen molar-refractivity contribution in [1.82, 2.24) is 10.2 Å². The molecule has 0 aliphatic heterocycles. The molecule has 2 fully saturated rings. The van der Waals surface area contributed by atoms with Gasteiger partial charge in [-0.25, -0.2) is 0 Å². The summed E-state index contributed by atoms with van der Waals surface area (Å²) in [5, 5.41) is 23.2. The average molecular weight is 375 g/mol. The SMILES string of the molecule is Cc1cc(C)c([N+](=O)[O-])cc1C(=O)NC1CC(N(CC(=O)O)CC2CC2)C1. The lowest BCUT2D eigenvalue weighted by atomic mass is 9.85. The van der Waals surface area contributed by atoms with Gasteiger partial charge in [-0.1, -0.05) is 0 Å². The van der Waals surface area contributed by atoms with Crippen molar-refractivity contribution in [3.05, 3.63) is 38.9 Å². The smallest absolute Gasteiger partial charge is 0.317 e. The Balaban J connectivity index is 1.59. The summed E-state index contributed by atoms with van der Waals surface area (Å²) in [5.74, 6) is -0.537. The molecule has 8 heteroatoms. The third-order valence-electron chi connectivity index (χ3n) is 5.48. The molecular weight excluding hydrogens is 350 g/mol. The van der Waals surface area contributed by atoms with E-state index in [4.69, 9.17) is 5.11 Å². The Kier molecular flexibility index (Phi) is 5.46. The van der Waals surface area contributed by atoms with Crippen LogP contribution in [-0.4, -0.2) is 52.0 Å². The van der Waals surface area contributed by atoms with Crippen LogP contribution in [0.4, 0.5) is 5.69 Å². The summed E-state index contributed by atoms with van der Waals surface area (Å²) in [6.45, 7) is 4.26. The molecule has 2 N–H and O–H groups in total. The van der Waals surface area contributed by atoms with Crippen LogP contribution >= 0.6 is 0 Å². The van der Waals surface area contributed by atoms with Crippen LogP contribution in [0.1, 0.15) is 47.2 Å². The Morgan fingerprint density at radius 2 is 1.93 bits per heavy atom. The molecule has 0 radical (unpaired) electrons. The minimum Gasteiger partial charge on any atom is -0.480 e. The van der Waals surface area contributed by atoms with Crippen LogP contribution < -0.4 is 5.32 Å². The highest BCUT2D eigenvalue weighted by molar-refractivity contribution is 5.96. The van der Waals surface area contributed by atoms with Gasteiger partial charge < -0.3 is 10.4 Å². The standard InChI is InChI=1S/C19H25N3O5/c1-11-5-12(2)17(22(26)27)8-16(11)19(25)20-14-6-15(7-14)21(10-18(23)24)9-13-3-4-13/h5,8,13-15H,3-4,6-7,9-10H2,1-2H3,(H,20,25)(H,23,24). The van der Waals surface area contributed by atoms with Crippen LogP contribution in [0.5, 0.6) is 0 Å². The van der Waals surface area contributed by atoms with Crippen molar-refractivity contribution in [2.75, 3.05) is 13.1 Å². The number of nitrogens with one attached hydrogen (secondary N) is 1. The van der Waals surface area contributed by atoms with Gasteiger partial charge in [0.15, 0.2) is 0 Å². The third-order valence-corrected chi connectivity index (χ3v) is 5.48. The maximum absolute atomic E-state index is 12.6. The predicted molar refractivity (Wildman–Crippen MR) is 98.8 cm³/mol. The molecule has 0 atom stereocenters. The minimum absolute atomic E-state index is 0.0299. The monoisotopic (exact) mass is 375 g/mol. The van der Waals surface area contributed by atoms with E-state index in [1.165, 1.54) is 6.07 Å². The topological polar surface area (TPSA) is 113 Å². The second-order valence-electron chi connectivity index (χ2n) is 7.77. The molecule has 1 aromatic carbocycles. The molecule has 0 unspecified atom stereocenters. The van der Waals surface area contributed by atoms with Gasteiger partial charge in [-0.3, -0.25) is 24.6 Å². The number of carboxylic acids is 1. The van der Waals surface area contributed by atoms with Crippen LogP contribution in [0.3, 0.4) is 0 Å². The molecule has 0 spiro atoms. The molecule has 0 bridgehead atoms. The van der Waals surface area contributed by atoms with Crippen LogP contribution in [0, 0.1) is 29.9 Å². The van der Waals surface area contributed by atoms with E-state index in [9.17, 15) is 19.7 Å². The Bertz CT molecular complexity index is 769. The van der Waals surface area contributed by atoms with Gasteiger partial charge in [-0.15, -0.1) is 0 Å². The fraction of sp³-hybridized carbons (Fsp3) is 0.579. The van der Waals surface area contributed by atoms with Gasteiger partial charge in [-0.2, -0.15) is 0 Å². The lowest BCUT2D eigenvalue weighted by Crippen LogP contribution is -2.55. The summed E-state index contributed by atoms with van der Waals surface area (Å²) in [6.07, 6.45) is 3.74. The van der Waals surface area contributed by atoms with E-state index < -0.39 is 10.9 Å². The summed E-state index contributed by atoms with van der Waals surface area (Å²) in [6, 6.07) is 3.12. The first kappa shape index (κ1) is 19.3. The number of benzene rings is 1. The molecule has 0 aromatic heterocycles. The second kappa shape index (κ2) is 7.64. The van der Waals surface area contributed by atoms with Gasteiger partial charge in [-0.05, 0) is 57.1 Å². The number of nitro benzene ring substituents is 1. The Morgan fingerprint density at radius 3 is 2.48 bits per heavy atom. The van der Waals surface area contributed by atoms with E-state index in [0.717, 1.165) is 19.4 Å². The fourth-order valence-corrected chi connectivity index (χ4v) is 3.70. The number of aliphatic carboxylic acids is 1. The van der Waals surface area contributed by atoms with Gasteiger partial charge in [0, 0.05) is 35.8 Å². The first-order valence-corrected chi connectivity index (χ1v) is 9.27. The summed E-state index contributed by atoms with van der Waals surface area (Å²) in [7, 11) is 0. The van der Waals surface area contributed by atoms with Gasteiger partial charge in [0.2, 0.25) is 0 Å². The predicted octanol–water partition coefficient (Wildman–Crippen LogP) is 2.27. The number of carboxylic acid groups (broad SMARTS) is 1. The van der Waals surface area contributed by atoms with Gasteiger partial charge in [0.1, 0.15) is 0 Å². The molecular formula is C19H25N3O5. The van der Waals surface area contributed by atoms with Crippen LogP contribution in [0.15, 0.2) is 12.1 Å². The lowest BCUT2D eigenvalue weighted by Gasteiger charge is -2.42. The molecule has 3 rings (SSSR count). The van der Waals surface area contributed by atoms with Crippen molar-refractivity contribution in [3.63, 3.8) is 0 Å². The summed E-state index contributed by atoms with van der Waals surface area (Å²) >= 11 is 0. The maximum atomic E-state index is 12.6. The Hall–Kier alpha value is -2.48. The molecule has 0 heterocycles. The molecule has 2 saturated carbocycles. The van der Waals surface area contributed by atoms with E-state index in [0.29, 0.717) is 35.4 Å². The van der Waals surface area contributed by atoms with Crippen molar-refractivity contribution in [1.29, 1.82) is 0 Å². The zero-order valence-electron chi connectivity index (χ0n) is 15.6. The number of carbonyl (C=O) groups is 2. The molecule has 1 aromatic rings. The molecule has 2 aliphatic rings. The number of aryl methyl sites for hydroxylation is 2. The number of hydrogen-bond acceptors (Lipinski definition) is 5. The minimum atomic E-state index is -0.828. The average Bonchev–Trinajstić information content (AvgIpc) is 3.32. The lowest BCUT2D eigenvalue weighted by molar-refractivity contribution is -0.385. The highest BCUT2D eigenvalue weighted by Gasteiger charge is 2.38. The summed E-state index contributed by atoms with van der Waals surface area (Å²) < 4.78 is 0. The number of nitro groups is 1. The first-order valence-electron chi connectivity index (χ1n) is 9.27. The molecule has 2 aliphatic carbocycles. The van der Waals surface area contributed by atoms with E-state index in [2.05, 4.69) is 5.32 Å². The molecule has 27 heavy (non-hydrogen) atoms. The van der Waals surface area contributed by atoms with Gasteiger partial charge >= 0.3 is 5.97 Å². The van der Waals surface area contributed by atoms with E-state index >= 15 is 0 Å². The van der Waals surface area contributed by atoms with E-state index in [-0.39, 0.29) is 30.2 Å². The fourth-order valence-electron chi connectivity index (χ4n) is 3.70. The van der Waals surface area contributed by atoms with Crippen molar-refractivity contribution in [3.8, 4) is 0 Å². The van der Waals surface area contributed by atoms with Gasteiger partial charge in [0.05, 0.1) is 11.5 Å². The molecule has 0 saturated heterocycles. The van der Waals surface area contributed by atoms with Crippen molar-refractivity contribution >= 4 is 17.6 Å². The van der Waals surface area contributed by atoms with Crippen LogP contribution in [0.2, 0.25) is 0 Å². The van der Waals surface area contributed by atoms with Crippen molar-refractivity contribution in [2.24, 2.45) is 5.92 Å². The highest BCUT2D eigenvalue weighted by Crippen LogP contribution is 2.34. The van der Waals surface area contributed by atoms with Crippen molar-refractivity contribution < 1.29 is 19.6 Å². The molecule has 8 nitrogen and oxygen atoms in total. The summed E-state index contributed by atoms with van der Waals surface area (Å²) in [5.41, 5.74) is 1.49. The largest absolute Gasteiger partial charge is 0.480 e.